The molecular weight excluding hydrogens is 812 g/mol. The van der Waals surface area contributed by atoms with Crippen LogP contribution in [0, 0.1) is 19.8 Å². The van der Waals surface area contributed by atoms with Crippen molar-refractivity contribution in [3.05, 3.63) is 63.3 Å². The van der Waals surface area contributed by atoms with Gasteiger partial charge in [0.15, 0.2) is 0 Å². The highest BCUT2D eigenvalue weighted by atomic mass is 35.5. The van der Waals surface area contributed by atoms with Crippen molar-refractivity contribution in [1.82, 2.24) is 24.8 Å². The topological polar surface area (TPSA) is 184 Å². The minimum absolute atomic E-state index is 0.0703. The van der Waals surface area contributed by atoms with E-state index in [-0.39, 0.29) is 33.4 Å². The van der Waals surface area contributed by atoms with Gasteiger partial charge in [-0.2, -0.15) is 17.9 Å². The molecule has 2 amide bonds. The lowest BCUT2D eigenvalue weighted by atomic mass is 9.91. The number of ether oxygens (including phenoxy) is 1. The molecule has 1 aliphatic carbocycles. The van der Waals surface area contributed by atoms with Gasteiger partial charge in [-0.3, -0.25) is 9.59 Å². The molecule has 1 atom stereocenters. The summed E-state index contributed by atoms with van der Waals surface area (Å²) < 4.78 is 68.7. The first kappa shape index (κ1) is 44.4. The first-order valence-electron chi connectivity index (χ1n) is 18.7. The minimum Gasteiger partial charge on any atom is -0.487 e. The molecule has 0 unspecified atom stereocenters. The summed E-state index contributed by atoms with van der Waals surface area (Å²) in [5.41, 5.74) is 7.92. The molecule has 0 spiro atoms. The quantitative estimate of drug-likeness (QED) is 0.207. The van der Waals surface area contributed by atoms with Gasteiger partial charge in [-0.1, -0.05) is 48.2 Å². The Hall–Kier alpha value is -3.74. The Morgan fingerprint density at radius 2 is 1.67 bits per heavy atom. The van der Waals surface area contributed by atoms with E-state index in [1.54, 1.807) is 15.9 Å². The Bertz CT molecular complexity index is 2070. The van der Waals surface area contributed by atoms with Crippen LogP contribution in [0.15, 0.2) is 41.3 Å². The third-order valence-electron chi connectivity index (χ3n) is 10.6. The molecule has 0 radical (unpaired) electrons. The molecule has 3 heterocycles. The second kappa shape index (κ2) is 18.5. The number of rotatable bonds is 10. The second-order valence-electron chi connectivity index (χ2n) is 14.7. The van der Waals surface area contributed by atoms with E-state index in [0.29, 0.717) is 81.0 Å². The van der Waals surface area contributed by atoms with Gasteiger partial charge in [0.2, 0.25) is 21.8 Å². The number of hydrogen-bond acceptors (Lipinski definition) is 9. The number of nitrogens with two attached hydrogens (primary N) is 1. The Labute approximate surface area is 339 Å². The number of fused-ring (bicyclic) bond motifs is 1. The molecule has 6 rings (SSSR count). The summed E-state index contributed by atoms with van der Waals surface area (Å²) in [7, 11) is -4.28. The van der Waals surface area contributed by atoms with E-state index in [1.807, 2.05) is 32.0 Å². The Balaban J connectivity index is 0.000000811. The Kier molecular flexibility index (Phi) is 14.4. The van der Waals surface area contributed by atoms with Crippen LogP contribution in [0.25, 0.3) is 10.9 Å². The molecule has 2 aliphatic heterocycles. The summed E-state index contributed by atoms with van der Waals surface area (Å²) in [4.78, 5) is 44.0. The predicted molar refractivity (Wildman–Crippen MR) is 209 cm³/mol. The summed E-state index contributed by atoms with van der Waals surface area (Å²) in [6.07, 6.45) is -0.280. The van der Waals surface area contributed by atoms with Crippen LogP contribution in [0.5, 0.6) is 5.75 Å². The zero-order valence-electron chi connectivity index (χ0n) is 31.6. The van der Waals surface area contributed by atoms with Crippen LogP contribution >= 0.6 is 23.2 Å². The number of aliphatic carboxylic acids is 1. The third kappa shape index (κ3) is 10.7. The molecular formula is C38H47Cl2F3N6O7S. The number of halogens is 5. The van der Waals surface area contributed by atoms with E-state index < -0.39 is 33.7 Å². The number of sulfonamides is 1. The average Bonchev–Trinajstić information content (AvgIpc) is 3.63. The van der Waals surface area contributed by atoms with Crippen LogP contribution in [-0.2, 0) is 31.0 Å². The fourth-order valence-electron chi connectivity index (χ4n) is 7.63. The number of pyridine rings is 1. The van der Waals surface area contributed by atoms with Crippen molar-refractivity contribution in [3.8, 4) is 5.75 Å². The molecule has 1 aromatic heterocycles. The third-order valence-corrected chi connectivity index (χ3v) is 13.1. The van der Waals surface area contributed by atoms with Crippen LogP contribution in [-0.4, -0.2) is 103 Å². The second-order valence-corrected chi connectivity index (χ2v) is 17.1. The number of benzene rings is 2. The molecule has 3 fully saturated rings. The molecule has 3 aromatic rings. The maximum absolute atomic E-state index is 14.1. The van der Waals surface area contributed by atoms with Crippen molar-refractivity contribution in [2.24, 2.45) is 11.7 Å². The fourth-order valence-corrected chi connectivity index (χ4v) is 9.94. The van der Waals surface area contributed by atoms with Crippen molar-refractivity contribution in [3.63, 3.8) is 0 Å². The molecule has 2 aromatic carbocycles. The van der Waals surface area contributed by atoms with Gasteiger partial charge in [-0.15, -0.1) is 0 Å². The standard InChI is InChI=1S/C36H46Cl2N6O5S.C2HF3O2/c1-23-20-24(2)41-33-26(23)6-5-7-30(33)49-22-27-28(37)8-9-31(32(27)38)50(47,48)42-36(12-3-4-13-36)35(46)44-18-16-43(17-19-44)34(45)29(39)21-25-10-14-40-15-11-25;3-2(4,5)1(6)7/h5-9,20,25,29,40,42H,3-4,10-19,21-22,39H2,1-2H3;(H,6,7)/t29-;/m1./s1. The number of aromatic nitrogens is 1. The zero-order valence-corrected chi connectivity index (χ0v) is 34.0. The number of nitrogens with one attached hydrogen (secondary N) is 2. The van der Waals surface area contributed by atoms with E-state index in [4.69, 9.17) is 43.6 Å². The summed E-state index contributed by atoms with van der Waals surface area (Å²) >= 11 is 13.3. The number of piperidine rings is 1. The van der Waals surface area contributed by atoms with Crippen molar-refractivity contribution < 1.29 is 45.8 Å². The predicted octanol–water partition coefficient (Wildman–Crippen LogP) is 5.35. The SMILES string of the molecule is Cc1cc(C)c2cccc(OCc3c(Cl)ccc(S(=O)(=O)NC4(C(=O)N5CCN(C(=O)[C@H](N)CC6CCNCC6)CC5)CCCC4)c3Cl)c2n1.O=C(O)C(F)(F)F. The van der Waals surface area contributed by atoms with Crippen molar-refractivity contribution in [1.29, 1.82) is 0 Å². The molecule has 312 valence electrons. The maximum Gasteiger partial charge on any atom is 0.490 e. The van der Waals surface area contributed by atoms with E-state index in [9.17, 15) is 31.2 Å². The fraction of sp³-hybridized carbons (Fsp3) is 0.526. The molecule has 57 heavy (non-hydrogen) atoms. The van der Waals surface area contributed by atoms with E-state index in [0.717, 1.165) is 42.6 Å². The monoisotopic (exact) mass is 858 g/mol. The first-order valence-corrected chi connectivity index (χ1v) is 20.9. The highest BCUT2D eigenvalue weighted by Gasteiger charge is 2.48. The van der Waals surface area contributed by atoms with Crippen LogP contribution in [0.2, 0.25) is 10.0 Å². The first-order chi connectivity index (χ1) is 26.8. The van der Waals surface area contributed by atoms with Gasteiger partial charge in [0.1, 0.15) is 28.3 Å². The molecule has 3 aliphatic rings. The van der Waals surface area contributed by atoms with Gasteiger partial charge < -0.3 is 30.7 Å². The lowest BCUT2D eigenvalue weighted by Gasteiger charge is -2.40. The summed E-state index contributed by atoms with van der Waals surface area (Å²) in [6, 6.07) is 9.90. The largest absolute Gasteiger partial charge is 0.490 e. The van der Waals surface area contributed by atoms with Crippen LogP contribution < -0.4 is 20.5 Å². The van der Waals surface area contributed by atoms with Crippen molar-refractivity contribution in [2.75, 3.05) is 39.3 Å². The number of hydrogen-bond donors (Lipinski definition) is 4. The number of carbonyl (C=O) groups excluding carboxylic acids is 2. The van der Waals surface area contributed by atoms with Gasteiger partial charge >= 0.3 is 12.1 Å². The minimum atomic E-state index is -5.08. The van der Waals surface area contributed by atoms with Crippen molar-refractivity contribution in [2.45, 2.75) is 88.1 Å². The Morgan fingerprint density at radius 1 is 1.05 bits per heavy atom. The molecule has 19 heteroatoms. The number of piperazine rings is 1. The average molecular weight is 860 g/mol. The number of carboxylic acids is 1. The van der Waals surface area contributed by atoms with Crippen LogP contribution in [0.3, 0.4) is 0 Å². The summed E-state index contributed by atoms with van der Waals surface area (Å²) in [6.45, 7) is 7.03. The van der Waals surface area contributed by atoms with Gasteiger partial charge in [0.25, 0.3) is 0 Å². The number of aryl methyl sites for hydroxylation is 2. The number of alkyl halides is 3. The summed E-state index contributed by atoms with van der Waals surface area (Å²) in [5, 5.41) is 11.6. The lowest BCUT2D eigenvalue weighted by Crippen LogP contribution is -2.62. The molecule has 0 bridgehead atoms. The highest BCUT2D eigenvalue weighted by molar-refractivity contribution is 7.89. The van der Waals surface area contributed by atoms with Crippen LogP contribution in [0.1, 0.15) is 61.8 Å². The smallest absolute Gasteiger partial charge is 0.487 e. The van der Waals surface area contributed by atoms with E-state index >= 15 is 0 Å². The number of carboxylic acid groups (broad SMARTS) is 1. The van der Waals surface area contributed by atoms with E-state index in [2.05, 4.69) is 15.0 Å². The number of amides is 2. The lowest BCUT2D eigenvalue weighted by molar-refractivity contribution is -0.192. The zero-order chi connectivity index (χ0) is 41.7. The van der Waals surface area contributed by atoms with Gasteiger partial charge in [0, 0.05) is 47.8 Å². The molecule has 1 saturated carbocycles. The van der Waals surface area contributed by atoms with Gasteiger partial charge in [0.05, 0.1) is 11.1 Å². The molecule has 5 N–H and O–H groups in total. The maximum atomic E-state index is 14.1. The number of para-hydroxylation sites is 1. The highest BCUT2D eigenvalue weighted by Crippen LogP contribution is 2.37. The van der Waals surface area contributed by atoms with Gasteiger partial charge in [-0.25, -0.2) is 18.2 Å². The van der Waals surface area contributed by atoms with Gasteiger partial charge in [-0.05, 0) is 94.8 Å². The molecule has 13 nitrogen and oxygen atoms in total. The molecule has 2 saturated heterocycles. The summed E-state index contributed by atoms with van der Waals surface area (Å²) in [5.74, 6) is -2.18. The number of nitrogens with zero attached hydrogens (tertiary/aromatic N) is 3. The normalized spacial score (nSPS) is 18.2. The number of carbonyl (C=O) groups is 3. The Morgan fingerprint density at radius 3 is 2.28 bits per heavy atom. The van der Waals surface area contributed by atoms with Crippen molar-refractivity contribution >= 4 is 61.9 Å². The van der Waals surface area contributed by atoms with Crippen LogP contribution in [0.4, 0.5) is 13.2 Å². The van der Waals surface area contributed by atoms with E-state index in [1.165, 1.54) is 12.1 Å².